The molecule has 3 nitrogen and oxygen atoms in total. The van der Waals surface area contributed by atoms with Crippen LogP contribution in [-0.2, 0) is 4.74 Å². The highest BCUT2D eigenvalue weighted by molar-refractivity contribution is 4.85. The molecule has 0 aromatic rings. The maximum Gasteiger partial charge on any atom is 0.0636 e. The Morgan fingerprint density at radius 3 is 2.93 bits per heavy atom. The largest absolute Gasteiger partial charge is 0.380 e. The summed E-state index contributed by atoms with van der Waals surface area (Å²) in [6.07, 6.45) is 3.68. The summed E-state index contributed by atoms with van der Waals surface area (Å²) in [5, 5.41) is 3.39. The van der Waals surface area contributed by atoms with Crippen molar-refractivity contribution in [1.29, 1.82) is 0 Å². The standard InChI is InChI=1S/C11H24N2O/c1-4-5-7-13(3)11-9-14-8-6-10(11)12-2/h10-12H,4-9H2,1-3H3. The van der Waals surface area contributed by atoms with Gasteiger partial charge in [0.2, 0.25) is 0 Å². The van der Waals surface area contributed by atoms with Gasteiger partial charge in [-0.2, -0.15) is 0 Å². The number of hydrogen-bond donors (Lipinski definition) is 1. The normalized spacial score (nSPS) is 28.3. The van der Waals surface area contributed by atoms with Crippen LogP contribution in [0.3, 0.4) is 0 Å². The second-order valence-corrected chi connectivity index (χ2v) is 4.16. The zero-order valence-corrected chi connectivity index (χ0v) is 9.75. The molecule has 2 unspecified atom stereocenters. The summed E-state index contributed by atoms with van der Waals surface area (Å²) in [7, 11) is 4.26. The van der Waals surface area contributed by atoms with Gasteiger partial charge in [-0.15, -0.1) is 0 Å². The molecule has 1 fully saturated rings. The lowest BCUT2D eigenvalue weighted by atomic mass is 10.0. The maximum atomic E-state index is 5.53. The molecule has 0 spiro atoms. The first-order valence-corrected chi connectivity index (χ1v) is 5.74. The Hall–Kier alpha value is -0.120. The van der Waals surface area contributed by atoms with E-state index in [1.807, 2.05) is 0 Å². The number of ether oxygens (including phenoxy) is 1. The highest BCUT2D eigenvalue weighted by Crippen LogP contribution is 2.13. The van der Waals surface area contributed by atoms with Crippen molar-refractivity contribution in [2.24, 2.45) is 0 Å². The van der Waals surface area contributed by atoms with Crippen LogP contribution < -0.4 is 5.32 Å². The predicted octanol–water partition coefficient (Wildman–Crippen LogP) is 1.10. The van der Waals surface area contributed by atoms with Gasteiger partial charge in [-0.1, -0.05) is 13.3 Å². The van der Waals surface area contributed by atoms with Gasteiger partial charge in [-0.25, -0.2) is 0 Å². The summed E-state index contributed by atoms with van der Waals surface area (Å²) in [6, 6.07) is 1.16. The van der Waals surface area contributed by atoms with E-state index in [1.165, 1.54) is 19.4 Å². The summed E-state index contributed by atoms with van der Waals surface area (Å²) < 4.78 is 5.53. The van der Waals surface area contributed by atoms with Gasteiger partial charge in [0.15, 0.2) is 0 Å². The molecule has 1 aliphatic rings. The zero-order chi connectivity index (χ0) is 10.4. The highest BCUT2D eigenvalue weighted by atomic mass is 16.5. The van der Waals surface area contributed by atoms with E-state index < -0.39 is 0 Å². The van der Waals surface area contributed by atoms with E-state index in [4.69, 9.17) is 4.74 Å². The molecule has 1 N–H and O–H groups in total. The van der Waals surface area contributed by atoms with Crippen LogP contribution in [0, 0.1) is 0 Å². The monoisotopic (exact) mass is 200 g/mol. The Bertz CT molecular complexity index is 152. The van der Waals surface area contributed by atoms with Crippen molar-refractivity contribution in [2.45, 2.75) is 38.3 Å². The lowest BCUT2D eigenvalue weighted by Crippen LogP contribution is -2.53. The number of rotatable bonds is 5. The zero-order valence-electron chi connectivity index (χ0n) is 9.75. The van der Waals surface area contributed by atoms with Crippen molar-refractivity contribution in [2.75, 3.05) is 33.9 Å². The molecule has 0 saturated carbocycles. The Morgan fingerprint density at radius 1 is 1.50 bits per heavy atom. The molecule has 0 radical (unpaired) electrons. The fourth-order valence-electron chi connectivity index (χ4n) is 2.07. The smallest absolute Gasteiger partial charge is 0.0636 e. The molecule has 1 rings (SSSR count). The van der Waals surface area contributed by atoms with Crippen LogP contribution in [-0.4, -0.2) is 50.8 Å². The number of nitrogens with zero attached hydrogens (tertiary/aromatic N) is 1. The Labute approximate surface area is 87.8 Å². The second kappa shape index (κ2) is 6.38. The molecule has 14 heavy (non-hydrogen) atoms. The highest BCUT2D eigenvalue weighted by Gasteiger charge is 2.27. The van der Waals surface area contributed by atoms with Gasteiger partial charge in [0.05, 0.1) is 6.61 Å². The lowest BCUT2D eigenvalue weighted by molar-refractivity contribution is 0.00755. The Balaban J connectivity index is 2.37. The van der Waals surface area contributed by atoms with Crippen LogP contribution in [0.2, 0.25) is 0 Å². The van der Waals surface area contributed by atoms with Crippen LogP contribution in [0.15, 0.2) is 0 Å². The first kappa shape index (κ1) is 12.0. The van der Waals surface area contributed by atoms with E-state index in [1.54, 1.807) is 0 Å². The van der Waals surface area contributed by atoms with E-state index in [0.29, 0.717) is 12.1 Å². The van der Waals surface area contributed by atoms with Gasteiger partial charge < -0.3 is 10.1 Å². The summed E-state index contributed by atoms with van der Waals surface area (Å²) in [5.41, 5.74) is 0. The van der Waals surface area contributed by atoms with Gasteiger partial charge in [0.25, 0.3) is 0 Å². The minimum Gasteiger partial charge on any atom is -0.380 e. The van der Waals surface area contributed by atoms with Gasteiger partial charge in [-0.3, -0.25) is 4.90 Å². The first-order valence-electron chi connectivity index (χ1n) is 5.74. The summed E-state index contributed by atoms with van der Waals surface area (Å²) >= 11 is 0. The third kappa shape index (κ3) is 3.23. The van der Waals surface area contributed by atoms with Crippen LogP contribution >= 0.6 is 0 Å². The molecule has 1 saturated heterocycles. The van der Waals surface area contributed by atoms with Gasteiger partial charge in [0.1, 0.15) is 0 Å². The minimum atomic E-state index is 0.556. The second-order valence-electron chi connectivity index (χ2n) is 4.16. The molecule has 0 aliphatic carbocycles. The minimum absolute atomic E-state index is 0.556. The Kier molecular flexibility index (Phi) is 5.45. The van der Waals surface area contributed by atoms with Crippen molar-refractivity contribution in [1.82, 2.24) is 10.2 Å². The quantitative estimate of drug-likeness (QED) is 0.719. The van der Waals surface area contributed by atoms with Gasteiger partial charge >= 0.3 is 0 Å². The number of hydrogen-bond acceptors (Lipinski definition) is 3. The number of nitrogens with one attached hydrogen (secondary N) is 1. The molecule has 3 heteroatoms. The SMILES string of the molecule is CCCCN(C)C1COCCC1NC. The van der Waals surface area contributed by atoms with E-state index in [0.717, 1.165) is 19.6 Å². The van der Waals surface area contributed by atoms with Crippen molar-refractivity contribution < 1.29 is 4.74 Å². The number of likely N-dealkylation sites (N-methyl/N-ethyl adjacent to an activating group) is 2. The van der Waals surface area contributed by atoms with Crippen LogP contribution in [0.4, 0.5) is 0 Å². The third-order valence-electron chi connectivity index (χ3n) is 3.13. The molecule has 0 bridgehead atoms. The van der Waals surface area contributed by atoms with Crippen LogP contribution in [0.5, 0.6) is 0 Å². The van der Waals surface area contributed by atoms with Crippen LogP contribution in [0.1, 0.15) is 26.2 Å². The third-order valence-corrected chi connectivity index (χ3v) is 3.13. The molecular weight excluding hydrogens is 176 g/mol. The summed E-state index contributed by atoms with van der Waals surface area (Å²) in [4.78, 5) is 2.43. The molecule has 84 valence electrons. The van der Waals surface area contributed by atoms with Crippen LogP contribution in [0.25, 0.3) is 0 Å². The molecule has 0 amide bonds. The average Bonchev–Trinajstić information content (AvgIpc) is 2.25. The average molecular weight is 200 g/mol. The topological polar surface area (TPSA) is 24.5 Å². The van der Waals surface area contributed by atoms with Crippen molar-refractivity contribution in [3.63, 3.8) is 0 Å². The molecule has 0 aromatic carbocycles. The Morgan fingerprint density at radius 2 is 2.29 bits per heavy atom. The van der Waals surface area contributed by atoms with Gasteiger partial charge in [-0.05, 0) is 33.5 Å². The van der Waals surface area contributed by atoms with Gasteiger partial charge in [0, 0.05) is 18.7 Å². The summed E-state index contributed by atoms with van der Waals surface area (Å²) in [5.74, 6) is 0. The van der Waals surface area contributed by atoms with E-state index in [2.05, 4.69) is 31.2 Å². The summed E-state index contributed by atoms with van der Waals surface area (Å²) in [6.45, 7) is 5.21. The fraction of sp³-hybridized carbons (Fsp3) is 1.00. The number of unbranched alkanes of at least 4 members (excludes halogenated alkanes) is 1. The molecule has 0 aromatic heterocycles. The van der Waals surface area contributed by atoms with Crippen molar-refractivity contribution in [3.8, 4) is 0 Å². The van der Waals surface area contributed by atoms with E-state index in [-0.39, 0.29) is 0 Å². The first-order chi connectivity index (χ1) is 6.79. The predicted molar refractivity (Wildman–Crippen MR) is 59.6 cm³/mol. The lowest BCUT2D eigenvalue weighted by Gasteiger charge is -2.37. The van der Waals surface area contributed by atoms with E-state index >= 15 is 0 Å². The fourth-order valence-corrected chi connectivity index (χ4v) is 2.07. The van der Waals surface area contributed by atoms with Crippen molar-refractivity contribution >= 4 is 0 Å². The molecular formula is C11H24N2O. The maximum absolute atomic E-state index is 5.53. The van der Waals surface area contributed by atoms with E-state index in [9.17, 15) is 0 Å². The molecule has 2 atom stereocenters. The molecule has 1 aliphatic heterocycles. The molecule has 1 heterocycles. The van der Waals surface area contributed by atoms with Crippen molar-refractivity contribution in [3.05, 3.63) is 0 Å².